The van der Waals surface area contributed by atoms with Gasteiger partial charge in [0.05, 0.1) is 0 Å². The van der Waals surface area contributed by atoms with Crippen LogP contribution in [0.2, 0.25) is 0 Å². The molecule has 24 heavy (non-hydrogen) atoms. The molecule has 0 saturated carbocycles. The molecule has 2 heterocycles. The summed E-state index contributed by atoms with van der Waals surface area (Å²) in [6.45, 7) is 1.60. The number of H-pyrrole nitrogens is 1. The summed E-state index contributed by atoms with van der Waals surface area (Å²) in [4.78, 5) is 8.05. The van der Waals surface area contributed by atoms with Gasteiger partial charge in [-0.3, -0.25) is 0 Å². The van der Waals surface area contributed by atoms with Crippen molar-refractivity contribution in [2.45, 2.75) is 37.1 Å². The van der Waals surface area contributed by atoms with Gasteiger partial charge in [0.2, 0.25) is 20.9 Å². The zero-order valence-corrected chi connectivity index (χ0v) is 13.8. The predicted octanol–water partition coefficient (Wildman–Crippen LogP) is 1.63. The Morgan fingerprint density at radius 3 is 2.83 bits per heavy atom. The first-order valence-electron chi connectivity index (χ1n) is 7.58. The molecule has 0 bridgehead atoms. The molecule has 0 spiro atoms. The Labute approximate surface area is 138 Å². The molecule has 8 nitrogen and oxygen atoms in total. The summed E-state index contributed by atoms with van der Waals surface area (Å²) in [5, 5.41) is 9.96. The van der Waals surface area contributed by atoms with Crippen molar-refractivity contribution in [2.75, 3.05) is 0 Å². The maximum atomic E-state index is 12.4. The predicted molar refractivity (Wildman–Crippen MR) is 83.8 cm³/mol. The van der Waals surface area contributed by atoms with E-state index < -0.39 is 9.84 Å². The Kier molecular flexibility index (Phi) is 3.45. The molecule has 124 valence electrons. The van der Waals surface area contributed by atoms with E-state index in [1.165, 1.54) is 11.1 Å². The number of rotatable bonds is 4. The largest absolute Gasteiger partial charge is 0.340 e. The summed E-state index contributed by atoms with van der Waals surface area (Å²) in [6, 6.07) is 6.01. The fourth-order valence-corrected chi connectivity index (χ4v) is 3.87. The fraction of sp³-hybridized carbons (Fsp3) is 0.333. The van der Waals surface area contributed by atoms with Gasteiger partial charge in [-0.05, 0) is 36.5 Å². The van der Waals surface area contributed by atoms with E-state index in [4.69, 9.17) is 4.52 Å². The summed E-state index contributed by atoms with van der Waals surface area (Å²) in [5.74, 6) is 0.399. The molecule has 1 aliphatic carbocycles. The molecule has 1 aromatic carbocycles. The van der Waals surface area contributed by atoms with Crippen molar-refractivity contribution in [1.82, 2.24) is 25.3 Å². The summed E-state index contributed by atoms with van der Waals surface area (Å²) >= 11 is 0. The molecular formula is C15H15N5O3S. The lowest BCUT2D eigenvalue weighted by atomic mass is 10.1. The molecule has 4 rings (SSSR count). The molecule has 3 aromatic rings. The first kappa shape index (κ1) is 15.0. The highest BCUT2D eigenvalue weighted by Gasteiger charge is 2.24. The van der Waals surface area contributed by atoms with Crippen LogP contribution in [0, 0.1) is 6.92 Å². The van der Waals surface area contributed by atoms with Crippen molar-refractivity contribution in [1.29, 1.82) is 0 Å². The molecule has 1 N–H and O–H groups in total. The van der Waals surface area contributed by atoms with Crippen LogP contribution in [0.4, 0.5) is 0 Å². The molecule has 0 fully saturated rings. The molecule has 0 saturated heterocycles. The number of hydrogen-bond donors (Lipinski definition) is 1. The van der Waals surface area contributed by atoms with Crippen LogP contribution in [0.5, 0.6) is 0 Å². The lowest BCUT2D eigenvalue weighted by Crippen LogP contribution is -2.08. The number of fused-ring (bicyclic) bond motifs is 1. The third-order valence-corrected chi connectivity index (χ3v) is 5.41. The summed E-state index contributed by atoms with van der Waals surface area (Å²) < 4.78 is 29.6. The fourth-order valence-electron chi connectivity index (χ4n) is 2.86. The third-order valence-electron chi connectivity index (χ3n) is 4.00. The highest BCUT2D eigenvalue weighted by Crippen LogP contribution is 2.27. The minimum Gasteiger partial charge on any atom is -0.340 e. The first-order chi connectivity index (χ1) is 11.5. The summed E-state index contributed by atoms with van der Waals surface area (Å²) in [5.41, 5.74) is 3.43. The minimum absolute atomic E-state index is 0.1000. The lowest BCUT2D eigenvalue weighted by molar-refractivity contribution is 0.388. The second-order valence-electron chi connectivity index (χ2n) is 5.79. The van der Waals surface area contributed by atoms with Crippen molar-refractivity contribution in [3.05, 3.63) is 41.0 Å². The zero-order chi connectivity index (χ0) is 16.7. The van der Waals surface area contributed by atoms with Gasteiger partial charge < -0.3 is 4.52 Å². The number of aromatic amines is 1. The van der Waals surface area contributed by atoms with Crippen LogP contribution >= 0.6 is 0 Å². The Balaban J connectivity index is 1.62. The number of hydrogen-bond acceptors (Lipinski definition) is 7. The van der Waals surface area contributed by atoms with Gasteiger partial charge in [-0.25, -0.2) is 13.5 Å². The van der Waals surface area contributed by atoms with Crippen LogP contribution < -0.4 is 0 Å². The SMILES string of the molecule is Cc1nc(CS(=O)(=O)c2nc(-c3ccc4c(c3)CCC4)n[nH]2)no1. The van der Waals surface area contributed by atoms with E-state index in [-0.39, 0.29) is 16.7 Å². The van der Waals surface area contributed by atoms with E-state index in [1.807, 2.05) is 12.1 Å². The molecule has 9 heteroatoms. The van der Waals surface area contributed by atoms with E-state index in [9.17, 15) is 8.42 Å². The van der Waals surface area contributed by atoms with Gasteiger partial charge in [0.25, 0.3) is 0 Å². The van der Waals surface area contributed by atoms with E-state index in [1.54, 1.807) is 6.92 Å². The maximum absolute atomic E-state index is 12.4. The molecular weight excluding hydrogens is 330 g/mol. The summed E-state index contributed by atoms with van der Waals surface area (Å²) in [6.07, 6.45) is 3.28. The highest BCUT2D eigenvalue weighted by molar-refractivity contribution is 7.90. The van der Waals surface area contributed by atoms with Crippen molar-refractivity contribution in [2.24, 2.45) is 0 Å². The Morgan fingerprint density at radius 1 is 1.21 bits per heavy atom. The zero-order valence-electron chi connectivity index (χ0n) is 13.0. The second-order valence-corrected chi connectivity index (χ2v) is 7.69. The van der Waals surface area contributed by atoms with Gasteiger partial charge in [0.15, 0.2) is 11.6 Å². The topological polar surface area (TPSA) is 115 Å². The number of aromatic nitrogens is 5. The highest BCUT2D eigenvalue weighted by atomic mass is 32.2. The van der Waals surface area contributed by atoms with E-state index in [2.05, 4.69) is 31.4 Å². The molecule has 0 unspecified atom stereocenters. The van der Waals surface area contributed by atoms with Crippen LogP contribution in [-0.2, 0) is 28.4 Å². The van der Waals surface area contributed by atoms with E-state index >= 15 is 0 Å². The second kappa shape index (κ2) is 5.52. The lowest BCUT2D eigenvalue weighted by Gasteiger charge is -2.01. The normalized spacial score (nSPS) is 14.0. The van der Waals surface area contributed by atoms with Gasteiger partial charge in [-0.2, -0.15) is 15.1 Å². The van der Waals surface area contributed by atoms with E-state index in [0.717, 1.165) is 24.8 Å². The smallest absolute Gasteiger partial charge is 0.244 e. The van der Waals surface area contributed by atoms with Crippen molar-refractivity contribution >= 4 is 9.84 Å². The standard InChI is InChI=1S/C15H15N5O3S/c1-9-16-13(20-23-9)8-24(21,22)15-17-14(18-19-15)12-6-5-10-3-2-4-11(10)7-12/h5-7H,2-4,8H2,1H3,(H,17,18,19). The van der Waals surface area contributed by atoms with Crippen molar-refractivity contribution in [3.8, 4) is 11.4 Å². The average Bonchev–Trinajstić information content (AvgIpc) is 3.25. The maximum Gasteiger partial charge on any atom is 0.244 e. The van der Waals surface area contributed by atoms with Gasteiger partial charge in [0, 0.05) is 12.5 Å². The van der Waals surface area contributed by atoms with Gasteiger partial charge >= 0.3 is 0 Å². The van der Waals surface area contributed by atoms with Gasteiger partial charge in [-0.1, -0.05) is 17.3 Å². The Bertz CT molecular complexity index is 1010. The van der Waals surface area contributed by atoms with Crippen LogP contribution in [0.3, 0.4) is 0 Å². The third kappa shape index (κ3) is 2.71. The van der Waals surface area contributed by atoms with Crippen LogP contribution in [-0.4, -0.2) is 33.7 Å². The Morgan fingerprint density at radius 2 is 2.04 bits per heavy atom. The van der Waals surface area contributed by atoms with Crippen LogP contribution in [0.15, 0.2) is 27.9 Å². The van der Waals surface area contributed by atoms with Crippen LogP contribution in [0.1, 0.15) is 29.3 Å². The molecule has 0 atom stereocenters. The first-order valence-corrected chi connectivity index (χ1v) is 9.23. The number of nitrogens with one attached hydrogen (secondary N) is 1. The van der Waals surface area contributed by atoms with Gasteiger partial charge in [-0.15, -0.1) is 0 Å². The number of sulfone groups is 1. The van der Waals surface area contributed by atoms with Crippen LogP contribution in [0.25, 0.3) is 11.4 Å². The van der Waals surface area contributed by atoms with Crippen molar-refractivity contribution < 1.29 is 12.9 Å². The molecule has 0 radical (unpaired) electrons. The van der Waals surface area contributed by atoms with Crippen molar-refractivity contribution in [3.63, 3.8) is 0 Å². The molecule has 0 aliphatic heterocycles. The minimum atomic E-state index is -3.71. The molecule has 2 aromatic heterocycles. The quantitative estimate of drug-likeness (QED) is 0.764. The monoisotopic (exact) mass is 345 g/mol. The summed E-state index contributed by atoms with van der Waals surface area (Å²) in [7, 11) is -3.71. The van der Waals surface area contributed by atoms with E-state index in [0.29, 0.717) is 11.7 Å². The number of nitrogens with zero attached hydrogens (tertiary/aromatic N) is 4. The molecule has 1 aliphatic rings. The number of benzene rings is 1. The average molecular weight is 345 g/mol. The number of aryl methyl sites for hydroxylation is 3. The Hall–Kier alpha value is -2.55. The van der Waals surface area contributed by atoms with Gasteiger partial charge in [0.1, 0.15) is 5.75 Å². The molecule has 0 amide bonds.